The highest BCUT2D eigenvalue weighted by Crippen LogP contribution is 2.34. The molecule has 0 nitrogen and oxygen atoms in total. The average Bonchev–Trinajstić information content (AvgIpc) is 2.47. The Hall–Kier alpha value is -2.34. The lowest BCUT2D eigenvalue weighted by Gasteiger charge is -2.11. The van der Waals surface area contributed by atoms with E-state index in [1.165, 1.54) is 43.4 Å². The van der Waals surface area contributed by atoms with E-state index in [1.807, 2.05) is 0 Å². The number of fused-ring (bicyclic) bond motifs is 5. The maximum atomic E-state index is 2.30. The van der Waals surface area contributed by atoms with Crippen LogP contribution in [0.5, 0.6) is 0 Å². The van der Waals surface area contributed by atoms with Crippen LogP contribution in [0.4, 0.5) is 0 Å². The molecule has 0 heteroatoms. The molecule has 0 saturated heterocycles. The van der Waals surface area contributed by atoms with Gasteiger partial charge in [-0.15, -0.1) is 0 Å². The molecular weight excluding hydrogens is 240 g/mol. The van der Waals surface area contributed by atoms with Gasteiger partial charge in [-0.2, -0.15) is 0 Å². The molecule has 4 rings (SSSR count). The van der Waals surface area contributed by atoms with Crippen LogP contribution in [0.15, 0.2) is 60.7 Å². The lowest BCUT2D eigenvalue weighted by molar-refractivity contribution is 1.51. The van der Waals surface area contributed by atoms with Crippen LogP contribution in [0.25, 0.3) is 32.3 Å². The van der Waals surface area contributed by atoms with Gasteiger partial charge in [0.25, 0.3) is 0 Å². The maximum Gasteiger partial charge on any atom is -0.00266 e. The van der Waals surface area contributed by atoms with Gasteiger partial charge in [-0.25, -0.2) is 0 Å². The van der Waals surface area contributed by atoms with Crippen LogP contribution in [0.2, 0.25) is 0 Å². The summed E-state index contributed by atoms with van der Waals surface area (Å²) in [6.07, 6.45) is 0. The van der Waals surface area contributed by atoms with Crippen LogP contribution in [0, 0.1) is 13.8 Å². The van der Waals surface area contributed by atoms with Gasteiger partial charge in [0, 0.05) is 0 Å². The SMILES string of the molecule is Cc1ccc2c(ccc3cc(C)c4ccccc4c32)c1. The molecule has 0 N–H and O–H groups in total. The van der Waals surface area contributed by atoms with Crippen molar-refractivity contribution in [1.82, 2.24) is 0 Å². The molecule has 0 heterocycles. The van der Waals surface area contributed by atoms with E-state index in [4.69, 9.17) is 0 Å². The lowest BCUT2D eigenvalue weighted by Crippen LogP contribution is -1.85. The van der Waals surface area contributed by atoms with Crippen LogP contribution in [0.1, 0.15) is 11.1 Å². The predicted octanol–water partition coefficient (Wildman–Crippen LogP) is 5.76. The second-order valence-corrected chi connectivity index (χ2v) is 5.63. The van der Waals surface area contributed by atoms with E-state index in [0.717, 1.165) is 0 Å². The second kappa shape index (κ2) is 4.08. The van der Waals surface area contributed by atoms with Crippen LogP contribution in [-0.4, -0.2) is 0 Å². The molecule has 0 atom stereocenters. The fourth-order valence-corrected chi connectivity index (χ4v) is 3.24. The van der Waals surface area contributed by atoms with Crippen LogP contribution in [-0.2, 0) is 0 Å². The second-order valence-electron chi connectivity index (χ2n) is 5.63. The van der Waals surface area contributed by atoms with E-state index in [1.54, 1.807) is 0 Å². The van der Waals surface area contributed by atoms with Crippen LogP contribution in [0.3, 0.4) is 0 Å². The predicted molar refractivity (Wildman–Crippen MR) is 88.4 cm³/mol. The van der Waals surface area contributed by atoms with E-state index in [0.29, 0.717) is 0 Å². The van der Waals surface area contributed by atoms with E-state index in [-0.39, 0.29) is 0 Å². The largest absolute Gasteiger partial charge is 0.0616 e. The standard InChI is InChI=1S/C20H16/c1-13-7-10-18-15(11-13)8-9-16-12-14(2)17-5-3-4-6-19(17)20(16)18/h3-12H,1-2H3. The summed E-state index contributed by atoms with van der Waals surface area (Å²) in [7, 11) is 0. The number of benzene rings is 4. The molecule has 0 aliphatic carbocycles. The molecule has 0 aliphatic heterocycles. The van der Waals surface area contributed by atoms with Crippen molar-refractivity contribution in [2.45, 2.75) is 13.8 Å². The zero-order valence-corrected chi connectivity index (χ0v) is 11.8. The molecule has 20 heavy (non-hydrogen) atoms. The summed E-state index contributed by atoms with van der Waals surface area (Å²) >= 11 is 0. The molecule has 0 bridgehead atoms. The lowest BCUT2D eigenvalue weighted by atomic mass is 9.93. The number of hydrogen-bond acceptors (Lipinski definition) is 0. The third kappa shape index (κ3) is 1.55. The topological polar surface area (TPSA) is 0 Å². The fourth-order valence-electron chi connectivity index (χ4n) is 3.24. The Morgan fingerprint density at radius 1 is 0.600 bits per heavy atom. The van der Waals surface area contributed by atoms with Crippen molar-refractivity contribution in [2.75, 3.05) is 0 Å². The van der Waals surface area contributed by atoms with Crippen molar-refractivity contribution >= 4 is 32.3 Å². The first kappa shape index (κ1) is 11.5. The minimum atomic E-state index is 1.31. The minimum absolute atomic E-state index is 1.31. The van der Waals surface area contributed by atoms with Crippen molar-refractivity contribution in [2.24, 2.45) is 0 Å². The molecule has 0 radical (unpaired) electrons. The van der Waals surface area contributed by atoms with Crippen molar-refractivity contribution in [3.8, 4) is 0 Å². The monoisotopic (exact) mass is 256 g/mol. The zero-order chi connectivity index (χ0) is 13.7. The first-order valence-corrected chi connectivity index (χ1v) is 7.05. The Labute approximate surface area is 118 Å². The molecule has 0 spiro atoms. The normalized spacial score (nSPS) is 11.5. The highest BCUT2D eigenvalue weighted by Gasteiger charge is 2.07. The zero-order valence-electron chi connectivity index (χ0n) is 11.8. The molecule has 0 saturated carbocycles. The fraction of sp³-hybridized carbons (Fsp3) is 0.100. The molecule has 0 unspecified atom stereocenters. The van der Waals surface area contributed by atoms with Gasteiger partial charge >= 0.3 is 0 Å². The van der Waals surface area contributed by atoms with Crippen LogP contribution < -0.4 is 0 Å². The summed E-state index contributed by atoms with van der Waals surface area (Å²) in [5.41, 5.74) is 2.66. The van der Waals surface area contributed by atoms with E-state index in [9.17, 15) is 0 Å². The molecule has 0 aliphatic rings. The summed E-state index contributed by atoms with van der Waals surface area (Å²) in [6, 6.07) is 22.2. The van der Waals surface area contributed by atoms with Gasteiger partial charge in [-0.1, -0.05) is 66.2 Å². The molecular formula is C20H16. The highest BCUT2D eigenvalue weighted by molar-refractivity contribution is 6.20. The summed E-state index contributed by atoms with van der Waals surface area (Å²) in [6.45, 7) is 4.35. The number of rotatable bonds is 0. The van der Waals surface area contributed by atoms with Gasteiger partial charge in [0.15, 0.2) is 0 Å². The first-order valence-electron chi connectivity index (χ1n) is 7.05. The van der Waals surface area contributed by atoms with Gasteiger partial charge in [0.1, 0.15) is 0 Å². The van der Waals surface area contributed by atoms with Crippen LogP contribution >= 0.6 is 0 Å². The van der Waals surface area contributed by atoms with Crippen molar-refractivity contribution < 1.29 is 0 Å². The van der Waals surface area contributed by atoms with Gasteiger partial charge in [0.2, 0.25) is 0 Å². The molecule has 4 aromatic rings. The van der Waals surface area contributed by atoms with Crippen molar-refractivity contribution in [3.05, 3.63) is 71.8 Å². The van der Waals surface area contributed by atoms with E-state index < -0.39 is 0 Å². The summed E-state index contributed by atoms with van der Waals surface area (Å²) in [4.78, 5) is 0. The van der Waals surface area contributed by atoms with Gasteiger partial charge in [0.05, 0.1) is 0 Å². The Kier molecular flexibility index (Phi) is 2.34. The molecule has 0 amide bonds. The average molecular weight is 256 g/mol. The third-order valence-electron chi connectivity index (χ3n) is 4.20. The highest BCUT2D eigenvalue weighted by atomic mass is 14.1. The first-order chi connectivity index (χ1) is 9.74. The molecule has 4 aromatic carbocycles. The Morgan fingerprint density at radius 3 is 2.20 bits per heavy atom. The molecule has 96 valence electrons. The Morgan fingerprint density at radius 2 is 1.35 bits per heavy atom. The van der Waals surface area contributed by atoms with Gasteiger partial charge in [-0.05, 0) is 51.7 Å². The Balaban J connectivity index is 2.34. The van der Waals surface area contributed by atoms with Crippen molar-refractivity contribution in [1.29, 1.82) is 0 Å². The number of hydrogen-bond donors (Lipinski definition) is 0. The smallest absolute Gasteiger partial charge is 0.00266 e. The number of aryl methyl sites for hydroxylation is 2. The van der Waals surface area contributed by atoms with E-state index >= 15 is 0 Å². The maximum absolute atomic E-state index is 2.30. The summed E-state index contributed by atoms with van der Waals surface area (Å²) < 4.78 is 0. The summed E-state index contributed by atoms with van der Waals surface area (Å²) in [5, 5.41) is 8.10. The third-order valence-corrected chi connectivity index (χ3v) is 4.20. The summed E-state index contributed by atoms with van der Waals surface area (Å²) in [5.74, 6) is 0. The molecule has 0 fully saturated rings. The Bertz CT molecular complexity index is 962. The van der Waals surface area contributed by atoms with E-state index in [2.05, 4.69) is 74.5 Å². The minimum Gasteiger partial charge on any atom is -0.0616 e. The molecule has 0 aromatic heterocycles. The quantitative estimate of drug-likeness (QED) is 0.351. The van der Waals surface area contributed by atoms with Gasteiger partial charge < -0.3 is 0 Å². The van der Waals surface area contributed by atoms with Crippen molar-refractivity contribution in [3.63, 3.8) is 0 Å². The van der Waals surface area contributed by atoms with Gasteiger partial charge in [-0.3, -0.25) is 0 Å².